The van der Waals surface area contributed by atoms with Gasteiger partial charge in [-0.25, -0.2) is 0 Å². The Morgan fingerprint density at radius 2 is 1.75 bits per heavy atom. The van der Waals surface area contributed by atoms with E-state index < -0.39 is 10.5 Å². The molecular formula is C11H15NO3S+. The Hall–Kier alpha value is -0.750. The van der Waals surface area contributed by atoms with Gasteiger partial charge in [-0.05, 0) is 40.4 Å². The monoisotopic (exact) mass is 241 g/mol. The summed E-state index contributed by atoms with van der Waals surface area (Å²) in [5.74, 6) is 0. The first-order valence-corrected chi connectivity index (χ1v) is 6.75. The second-order valence-corrected chi connectivity index (χ2v) is 5.51. The van der Waals surface area contributed by atoms with E-state index in [-0.39, 0.29) is 4.90 Å². The molecule has 1 unspecified atom stereocenters. The molecule has 5 heteroatoms. The molecule has 1 aromatic carbocycles. The highest BCUT2D eigenvalue weighted by atomic mass is 32.3. The van der Waals surface area contributed by atoms with Gasteiger partial charge in [0.1, 0.15) is 0 Å². The molecule has 1 aromatic rings. The predicted octanol–water partition coefficient (Wildman–Crippen LogP) is 2.14. The molecule has 4 nitrogen and oxygen atoms in total. The molecular weight excluding hydrogens is 226 g/mol. The molecule has 2 rings (SSSR count). The summed E-state index contributed by atoms with van der Waals surface area (Å²) in [4.78, 5) is 0.213. The second kappa shape index (κ2) is 4.63. The predicted molar refractivity (Wildman–Crippen MR) is 60.1 cm³/mol. The lowest BCUT2D eigenvalue weighted by molar-refractivity contribution is -0.0401. The second-order valence-electron chi connectivity index (χ2n) is 3.98. The van der Waals surface area contributed by atoms with Crippen molar-refractivity contribution in [2.75, 3.05) is 13.1 Å². The summed E-state index contributed by atoms with van der Waals surface area (Å²) in [5, 5.41) is 1.51. The van der Waals surface area contributed by atoms with Crippen LogP contribution in [0, 0.1) is 6.92 Å². The molecule has 0 aliphatic carbocycles. The van der Waals surface area contributed by atoms with E-state index in [0.29, 0.717) is 13.1 Å². The van der Waals surface area contributed by atoms with Crippen LogP contribution in [0.15, 0.2) is 29.2 Å². The van der Waals surface area contributed by atoms with Crippen molar-refractivity contribution in [2.24, 2.45) is 0 Å². The summed E-state index contributed by atoms with van der Waals surface area (Å²) in [5.41, 5.74) is 1.03. The average molecular weight is 241 g/mol. The normalized spacial score (nSPS) is 20.9. The van der Waals surface area contributed by atoms with E-state index in [0.717, 1.165) is 18.4 Å². The summed E-state index contributed by atoms with van der Waals surface area (Å²) in [6.45, 7) is 3.29. The lowest BCUT2D eigenvalue weighted by Crippen LogP contribution is -2.27. The fourth-order valence-electron chi connectivity index (χ4n) is 1.65. The molecule has 0 aromatic heterocycles. The van der Waals surface area contributed by atoms with Crippen LogP contribution in [-0.4, -0.2) is 18.2 Å². The molecule has 1 aliphatic rings. The Morgan fingerprint density at radius 3 is 2.31 bits per heavy atom. The van der Waals surface area contributed by atoms with Crippen LogP contribution in [0.25, 0.3) is 0 Å². The van der Waals surface area contributed by atoms with Gasteiger partial charge in [-0.1, -0.05) is 17.7 Å². The number of aryl methyl sites for hydroxylation is 1. The van der Waals surface area contributed by atoms with Crippen LogP contribution in [0.4, 0.5) is 0 Å². The van der Waals surface area contributed by atoms with Gasteiger partial charge in [-0.15, -0.1) is 5.06 Å². The van der Waals surface area contributed by atoms with Crippen molar-refractivity contribution in [3.05, 3.63) is 29.8 Å². The smallest absolute Gasteiger partial charge is 0.134 e. The van der Waals surface area contributed by atoms with Crippen LogP contribution in [0.1, 0.15) is 18.4 Å². The van der Waals surface area contributed by atoms with Gasteiger partial charge < -0.3 is 0 Å². The van der Waals surface area contributed by atoms with Crippen molar-refractivity contribution < 1.29 is 13.0 Å². The van der Waals surface area contributed by atoms with Crippen molar-refractivity contribution in [2.45, 2.75) is 24.7 Å². The summed E-state index contributed by atoms with van der Waals surface area (Å²) in [6.07, 6.45) is 1.98. The summed E-state index contributed by atoms with van der Waals surface area (Å²) < 4.78 is 28.7. The molecule has 0 spiro atoms. The van der Waals surface area contributed by atoms with E-state index in [1.807, 2.05) is 6.92 Å². The first-order valence-electron chi connectivity index (χ1n) is 5.34. The van der Waals surface area contributed by atoms with Crippen molar-refractivity contribution in [1.82, 2.24) is 5.06 Å². The first kappa shape index (κ1) is 11.7. The van der Waals surface area contributed by atoms with E-state index in [2.05, 4.69) is 0 Å². The van der Waals surface area contributed by atoms with Crippen molar-refractivity contribution in [3.8, 4) is 0 Å². The van der Waals surface area contributed by atoms with E-state index in [1.165, 1.54) is 5.06 Å². The molecule has 16 heavy (non-hydrogen) atoms. The average Bonchev–Trinajstić information content (AvgIpc) is 2.70. The number of benzene rings is 1. The number of rotatable bonds is 3. The van der Waals surface area contributed by atoms with Crippen LogP contribution in [-0.2, 0) is 23.5 Å². The fourth-order valence-corrected chi connectivity index (χ4v) is 2.63. The molecule has 0 saturated carbocycles. The Morgan fingerprint density at radius 1 is 1.19 bits per heavy atom. The fraction of sp³-hybridized carbons (Fsp3) is 0.455. The number of hydrogen-bond acceptors (Lipinski definition) is 3. The highest BCUT2D eigenvalue weighted by Gasteiger charge is 2.38. The molecule has 1 aliphatic heterocycles. The zero-order valence-corrected chi connectivity index (χ0v) is 10.0. The molecule has 0 N–H and O–H groups in total. The zero-order chi connectivity index (χ0) is 11.6. The lowest BCUT2D eigenvalue weighted by Gasteiger charge is -2.09. The van der Waals surface area contributed by atoms with Gasteiger partial charge in [-0.3, -0.25) is 0 Å². The van der Waals surface area contributed by atoms with Gasteiger partial charge in [0.05, 0.1) is 4.55 Å². The van der Waals surface area contributed by atoms with Gasteiger partial charge in [0.2, 0.25) is 4.90 Å². The zero-order valence-electron chi connectivity index (χ0n) is 9.22. The molecule has 1 radical (unpaired) electrons. The molecule has 1 saturated heterocycles. The quantitative estimate of drug-likeness (QED) is 0.762. The summed E-state index contributed by atoms with van der Waals surface area (Å²) in [7, 11) is -3.63. The Balaban J connectivity index is 2.11. The van der Waals surface area contributed by atoms with Crippen LogP contribution >= 0.6 is 0 Å². The molecule has 87 valence electrons. The molecule has 0 amide bonds. The van der Waals surface area contributed by atoms with Crippen molar-refractivity contribution in [1.29, 1.82) is 0 Å². The number of hydrogen-bond donors (Lipinski definition) is 0. The third kappa shape index (κ3) is 2.68. The minimum absolute atomic E-state index is 0.213. The van der Waals surface area contributed by atoms with Gasteiger partial charge >= 0.3 is 10.5 Å². The lowest BCUT2D eigenvalue weighted by atomic mass is 10.2. The van der Waals surface area contributed by atoms with Gasteiger partial charge in [-0.2, -0.15) is 0 Å². The van der Waals surface area contributed by atoms with Gasteiger partial charge in [0.15, 0.2) is 0 Å². The third-order valence-corrected chi connectivity index (χ3v) is 3.83. The Labute approximate surface area is 96.6 Å². The third-order valence-electron chi connectivity index (χ3n) is 2.58. The van der Waals surface area contributed by atoms with Crippen LogP contribution in [0.5, 0.6) is 0 Å². The Bertz CT molecular complexity index is 398. The number of hydroxylamine groups is 2. The van der Waals surface area contributed by atoms with Crippen LogP contribution < -0.4 is 0 Å². The standard InChI is InChI=1S/C11H15NO3S/c1-10-4-6-11(7-5-10)16(13,14)15-12-8-2-3-9-12/h4-7H,2-3,8-9H2,1H3/q+1. The first-order chi connectivity index (χ1) is 7.58. The highest BCUT2D eigenvalue weighted by Crippen LogP contribution is 2.22. The van der Waals surface area contributed by atoms with Crippen LogP contribution in [0.3, 0.4) is 0 Å². The van der Waals surface area contributed by atoms with Crippen molar-refractivity contribution >= 4 is 10.5 Å². The maximum Gasteiger partial charge on any atom is 0.447 e. The topological polar surface area (TPSA) is 49.4 Å². The minimum Gasteiger partial charge on any atom is -0.134 e. The van der Waals surface area contributed by atoms with Gasteiger partial charge in [0, 0.05) is 13.1 Å². The molecule has 0 bridgehead atoms. The maximum atomic E-state index is 11.8. The maximum absolute atomic E-state index is 11.8. The van der Waals surface area contributed by atoms with E-state index in [9.17, 15) is 8.76 Å². The number of nitrogens with zero attached hydrogens (tertiary/aromatic N) is 1. The van der Waals surface area contributed by atoms with E-state index in [4.69, 9.17) is 4.28 Å². The van der Waals surface area contributed by atoms with Gasteiger partial charge in [0.25, 0.3) is 0 Å². The molecule has 1 heterocycles. The summed E-state index contributed by atoms with van der Waals surface area (Å²) >= 11 is 0. The molecule has 1 fully saturated rings. The molecule has 1 atom stereocenters. The largest absolute Gasteiger partial charge is 0.447 e. The Kier molecular flexibility index (Phi) is 3.39. The minimum atomic E-state index is -3.63. The summed E-state index contributed by atoms with van der Waals surface area (Å²) in [6, 6.07) is 6.67. The van der Waals surface area contributed by atoms with Crippen LogP contribution in [0.2, 0.25) is 0 Å². The SMILES string of the molecule is Cc1ccc([S+]([O])(=O)ON2CCCC2)cc1. The van der Waals surface area contributed by atoms with E-state index in [1.54, 1.807) is 24.3 Å². The van der Waals surface area contributed by atoms with E-state index >= 15 is 0 Å². The highest BCUT2D eigenvalue weighted by molar-refractivity contribution is 7.92. The van der Waals surface area contributed by atoms with Crippen molar-refractivity contribution in [3.63, 3.8) is 0 Å².